The number of nitrogens with zero attached hydrogens (tertiary/aromatic N) is 1. The van der Waals surface area contributed by atoms with Crippen LogP contribution in [0.2, 0.25) is 0 Å². The molecule has 3 nitrogen and oxygen atoms in total. The number of anilines is 1. The first-order valence-corrected chi connectivity index (χ1v) is 4.64. The van der Waals surface area contributed by atoms with Crippen LogP contribution in [0.25, 0.3) is 11.3 Å². The molecule has 0 radical (unpaired) electrons. The van der Waals surface area contributed by atoms with Crippen LogP contribution in [0.3, 0.4) is 0 Å². The van der Waals surface area contributed by atoms with Crippen LogP contribution < -0.4 is 5.73 Å². The zero-order valence-corrected chi connectivity index (χ0v) is 8.58. The Hall–Kier alpha value is -1.36. The Kier molecular flexibility index (Phi) is 2.25. The summed E-state index contributed by atoms with van der Waals surface area (Å²) in [4.78, 5) is 0. The zero-order valence-electron chi connectivity index (χ0n) is 7.00. The average molecular weight is 257 g/mol. The maximum atomic E-state index is 12.9. The molecule has 0 fully saturated rings. The highest BCUT2D eigenvalue weighted by Gasteiger charge is 2.12. The lowest BCUT2D eigenvalue weighted by molar-refractivity contribution is 0.428. The predicted octanol–water partition coefficient (Wildman–Crippen LogP) is 2.83. The largest absolute Gasteiger partial charge is 0.393 e. The van der Waals surface area contributed by atoms with Crippen LogP contribution in [0, 0.1) is 5.82 Å². The van der Waals surface area contributed by atoms with Gasteiger partial charge in [0.25, 0.3) is 0 Å². The number of hydrogen-bond donors (Lipinski definition) is 1. The van der Waals surface area contributed by atoms with Crippen LogP contribution in [-0.2, 0) is 0 Å². The van der Waals surface area contributed by atoms with Gasteiger partial charge in [0.1, 0.15) is 11.5 Å². The second-order valence-corrected chi connectivity index (χ2v) is 3.48. The van der Waals surface area contributed by atoms with Gasteiger partial charge in [-0.05, 0) is 28.1 Å². The average Bonchev–Trinajstić information content (AvgIpc) is 2.48. The lowest BCUT2D eigenvalue weighted by Gasteiger charge is -1.96. The monoisotopic (exact) mass is 256 g/mol. The number of nitrogens with two attached hydrogens (primary N) is 1. The molecule has 2 aromatic rings. The standard InChI is InChI=1S/C9H6BrFN2O/c10-9-7(12)8(14-13-9)5-2-1-3-6(11)4-5/h1-4H,12H2. The van der Waals surface area contributed by atoms with Crippen molar-refractivity contribution >= 4 is 21.6 Å². The summed E-state index contributed by atoms with van der Waals surface area (Å²) in [7, 11) is 0. The molecule has 1 aromatic carbocycles. The number of halogens is 2. The molecule has 0 saturated heterocycles. The Morgan fingerprint density at radius 3 is 2.79 bits per heavy atom. The molecular weight excluding hydrogens is 251 g/mol. The summed E-state index contributed by atoms with van der Waals surface area (Å²) in [5, 5.41) is 3.62. The van der Waals surface area contributed by atoms with E-state index in [4.69, 9.17) is 10.3 Å². The van der Waals surface area contributed by atoms with E-state index >= 15 is 0 Å². The number of rotatable bonds is 1. The zero-order chi connectivity index (χ0) is 10.1. The van der Waals surface area contributed by atoms with Gasteiger partial charge in [0.05, 0.1) is 0 Å². The van der Waals surface area contributed by atoms with Gasteiger partial charge in [-0.3, -0.25) is 0 Å². The number of benzene rings is 1. The molecule has 1 aromatic heterocycles. The lowest BCUT2D eigenvalue weighted by atomic mass is 10.1. The Morgan fingerprint density at radius 1 is 1.43 bits per heavy atom. The molecule has 72 valence electrons. The fraction of sp³-hybridized carbons (Fsp3) is 0. The second-order valence-electron chi connectivity index (χ2n) is 2.73. The number of aromatic nitrogens is 1. The summed E-state index contributed by atoms with van der Waals surface area (Å²) in [6.07, 6.45) is 0. The van der Waals surface area contributed by atoms with Crippen LogP contribution in [0.4, 0.5) is 10.1 Å². The predicted molar refractivity (Wildman–Crippen MR) is 54.0 cm³/mol. The van der Waals surface area contributed by atoms with Gasteiger partial charge in [-0.25, -0.2) is 4.39 Å². The summed E-state index contributed by atoms with van der Waals surface area (Å²) < 4.78 is 18.3. The Labute approximate surface area is 87.8 Å². The van der Waals surface area contributed by atoms with E-state index in [-0.39, 0.29) is 5.82 Å². The van der Waals surface area contributed by atoms with Gasteiger partial charge in [-0.1, -0.05) is 17.3 Å². The third-order valence-corrected chi connectivity index (χ3v) is 2.34. The van der Waals surface area contributed by atoms with Gasteiger partial charge in [-0.2, -0.15) is 0 Å². The molecule has 2 N–H and O–H groups in total. The lowest BCUT2D eigenvalue weighted by Crippen LogP contribution is -1.86. The Bertz CT molecular complexity index is 470. The first-order valence-electron chi connectivity index (χ1n) is 3.85. The van der Waals surface area contributed by atoms with Gasteiger partial charge in [0.15, 0.2) is 10.4 Å². The molecule has 1 heterocycles. The summed E-state index contributed by atoms with van der Waals surface area (Å²) in [5.41, 5.74) is 6.60. The Balaban J connectivity index is 2.55. The van der Waals surface area contributed by atoms with E-state index in [9.17, 15) is 4.39 Å². The van der Waals surface area contributed by atoms with Crippen molar-refractivity contribution in [3.8, 4) is 11.3 Å². The molecule has 0 aliphatic carbocycles. The maximum absolute atomic E-state index is 12.9. The summed E-state index contributed by atoms with van der Waals surface area (Å²) >= 11 is 3.11. The smallest absolute Gasteiger partial charge is 0.191 e. The normalized spacial score (nSPS) is 10.4. The SMILES string of the molecule is Nc1c(Br)noc1-c1cccc(F)c1. The van der Waals surface area contributed by atoms with Crippen molar-refractivity contribution in [1.82, 2.24) is 5.16 Å². The molecular formula is C9H6BrFN2O. The van der Waals surface area contributed by atoms with Crippen LogP contribution in [-0.4, -0.2) is 5.16 Å². The highest BCUT2D eigenvalue weighted by Crippen LogP contribution is 2.31. The molecule has 0 aliphatic heterocycles. The molecule has 0 atom stereocenters. The van der Waals surface area contributed by atoms with E-state index in [0.717, 1.165) is 0 Å². The third kappa shape index (κ3) is 1.50. The fourth-order valence-corrected chi connectivity index (χ4v) is 1.37. The number of hydrogen-bond acceptors (Lipinski definition) is 3. The first kappa shape index (κ1) is 9.21. The Morgan fingerprint density at radius 2 is 2.21 bits per heavy atom. The summed E-state index contributed by atoms with van der Waals surface area (Å²) in [5.74, 6) is 0.0331. The fourth-order valence-electron chi connectivity index (χ4n) is 1.12. The molecule has 0 spiro atoms. The minimum absolute atomic E-state index is 0.338. The second kappa shape index (κ2) is 3.42. The maximum Gasteiger partial charge on any atom is 0.191 e. The van der Waals surface area contributed by atoms with Crippen molar-refractivity contribution in [2.24, 2.45) is 0 Å². The molecule has 0 amide bonds. The van der Waals surface area contributed by atoms with Crippen LogP contribution >= 0.6 is 15.9 Å². The summed E-state index contributed by atoms with van der Waals surface area (Å²) in [6.45, 7) is 0. The van der Waals surface area contributed by atoms with E-state index in [0.29, 0.717) is 21.6 Å². The van der Waals surface area contributed by atoms with Crippen LogP contribution in [0.15, 0.2) is 33.4 Å². The van der Waals surface area contributed by atoms with Crippen molar-refractivity contribution in [3.63, 3.8) is 0 Å². The topological polar surface area (TPSA) is 52.0 Å². The number of nitrogen functional groups attached to an aromatic ring is 1. The van der Waals surface area contributed by atoms with Crippen molar-refractivity contribution in [1.29, 1.82) is 0 Å². The minimum Gasteiger partial charge on any atom is -0.393 e. The van der Waals surface area contributed by atoms with Gasteiger partial charge in [-0.15, -0.1) is 0 Å². The molecule has 14 heavy (non-hydrogen) atoms. The molecule has 0 aliphatic rings. The quantitative estimate of drug-likeness (QED) is 0.854. The van der Waals surface area contributed by atoms with Crippen LogP contribution in [0.1, 0.15) is 0 Å². The molecule has 2 rings (SSSR count). The van der Waals surface area contributed by atoms with Gasteiger partial charge < -0.3 is 10.3 Å². The van der Waals surface area contributed by atoms with E-state index in [1.54, 1.807) is 12.1 Å². The first-order chi connectivity index (χ1) is 6.68. The third-order valence-electron chi connectivity index (χ3n) is 1.77. The van der Waals surface area contributed by atoms with Crippen molar-refractivity contribution in [2.75, 3.05) is 5.73 Å². The van der Waals surface area contributed by atoms with Gasteiger partial charge >= 0.3 is 0 Å². The van der Waals surface area contributed by atoms with Crippen molar-refractivity contribution in [2.45, 2.75) is 0 Å². The summed E-state index contributed by atoms with van der Waals surface area (Å²) in [6, 6.07) is 5.97. The van der Waals surface area contributed by atoms with Crippen molar-refractivity contribution in [3.05, 3.63) is 34.7 Å². The van der Waals surface area contributed by atoms with E-state index in [1.807, 2.05) is 0 Å². The van der Waals surface area contributed by atoms with Gasteiger partial charge in [0.2, 0.25) is 0 Å². The van der Waals surface area contributed by atoms with E-state index in [1.165, 1.54) is 12.1 Å². The molecule has 0 bridgehead atoms. The van der Waals surface area contributed by atoms with E-state index in [2.05, 4.69) is 21.1 Å². The molecule has 0 saturated carbocycles. The van der Waals surface area contributed by atoms with Crippen LogP contribution in [0.5, 0.6) is 0 Å². The highest BCUT2D eigenvalue weighted by molar-refractivity contribution is 9.10. The highest BCUT2D eigenvalue weighted by atomic mass is 79.9. The molecule has 0 unspecified atom stereocenters. The van der Waals surface area contributed by atoms with Crippen molar-refractivity contribution < 1.29 is 8.91 Å². The van der Waals surface area contributed by atoms with Gasteiger partial charge in [0, 0.05) is 5.56 Å². The minimum atomic E-state index is -0.338. The molecule has 5 heteroatoms. The van der Waals surface area contributed by atoms with E-state index < -0.39 is 0 Å².